The molecule has 0 atom stereocenters. The molecule has 0 aliphatic carbocycles. The highest BCUT2D eigenvalue weighted by atomic mass is 32.2. The summed E-state index contributed by atoms with van der Waals surface area (Å²) in [6.45, 7) is 5.48. The normalized spacial score (nSPS) is 12.0. The van der Waals surface area contributed by atoms with E-state index < -0.39 is 10.0 Å². The Morgan fingerprint density at radius 2 is 1.78 bits per heavy atom. The fourth-order valence-electron chi connectivity index (χ4n) is 1.77. The summed E-state index contributed by atoms with van der Waals surface area (Å²) in [6, 6.07) is 0. The number of nitrogens with one attached hydrogen (secondary N) is 1. The molecule has 2 aromatic rings. The van der Waals surface area contributed by atoms with Gasteiger partial charge in [-0.1, -0.05) is 11.3 Å². The molecule has 0 bridgehead atoms. The summed E-state index contributed by atoms with van der Waals surface area (Å²) in [5.41, 5.74) is 3.10. The van der Waals surface area contributed by atoms with E-state index in [1.54, 1.807) is 6.92 Å². The van der Waals surface area contributed by atoms with Crippen LogP contribution >= 0.6 is 11.3 Å². The molecule has 98 valence electrons. The summed E-state index contributed by atoms with van der Waals surface area (Å²) >= 11 is 1.23. The fraction of sp³-hybridized carbons (Fsp3) is 0.364. The maximum Gasteiger partial charge on any atom is 0.231 e. The lowest BCUT2D eigenvalue weighted by molar-refractivity contribution is 0.467. The number of rotatable bonds is 2. The van der Waals surface area contributed by atoms with Crippen LogP contribution in [0, 0.1) is 20.8 Å². The quantitative estimate of drug-likeness (QED) is 0.887. The van der Waals surface area contributed by atoms with E-state index >= 15 is 0 Å². The largest absolute Gasteiger partial charge is 0.507 e. The van der Waals surface area contributed by atoms with Gasteiger partial charge in [-0.15, -0.1) is 0 Å². The van der Waals surface area contributed by atoms with Gasteiger partial charge in [-0.3, -0.25) is 4.72 Å². The third-order valence-electron chi connectivity index (χ3n) is 2.87. The second-order valence-corrected chi connectivity index (χ2v) is 7.04. The number of nitrogens with zero attached hydrogens (tertiary/aromatic N) is 1. The van der Waals surface area contributed by atoms with Gasteiger partial charge in [-0.2, -0.15) is 0 Å². The van der Waals surface area contributed by atoms with E-state index in [0.717, 1.165) is 33.2 Å². The van der Waals surface area contributed by atoms with Crippen molar-refractivity contribution in [3.63, 3.8) is 0 Å². The molecule has 1 aromatic heterocycles. The molecule has 0 spiro atoms. The predicted molar refractivity (Wildman–Crippen MR) is 74.0 cm³/mol. The molecule has 2 N–H and O–H groups in total. The number of benzene rings is 1. The molecular weight excluding hydrogens is 272 g/mol. The first-order valence-corrected chi connectivity index (χ1v) is 7.98. The molecule has 2 rings (SSSR count). The predicted octanol–water partition coefficient (Wildman–Crippen LogP) is 2.30. The van der Waals surface area contributed by atoms with E-state index in [2.05, 4.69) is 9.71 Å². The van der Waals surface area contributed by atoms with Gasteiger partial charge in [0.05, 0.1) is 16.5 Å². The maximum absolute atomic E-state index is 11.2. The maximum atomic E-state index is 11.2. The molecule has 0 radical (unpaired) electrons. The van der Waals surface area contributed by atoms with Crippen LogP contribution in [0.15, 0.2) is 0 Å². The van der Waals surface area contributed by atoms with Crippen molar-refractivity contribution in [2.45, 2.75) is 20.8 Å². The Balaban J connectivity index is 2.72. The molecule has 1 aromatic carbocycles. The highest BCUT2D eigenvalue weighted by Gasteiger charge is 2.16. The van der Waals surface area contributed by atoms with Crippen LogP contribution in [0.3, 0.4) is 0 Å². The lowest BCUT2D eigenvalue weighted by Gasteiger charge is -2.07. The van der Waals surface area contributed by atoms with Crippen LogP contribution in [0.25, 0.3) is 10.2 Å². The fourth-order valence-corrected chi connectivity index (χ4v) is 3.63. The number of aromatic nitrogens is 1. The van der Waals surface area contributed by atoms with Crippen LogP contribution in [0.2, 0.25) is 0 Å². The lowest BCUT2D eigenvalue weighted by atomic mass is 10.0. The summed E-state index contributed by atoms with van der Waals surface area (Å²) in [4.78, 5) is 4.28. The van der Waals surface area contributed by atoms with Gasteiger partial charge < -0.3 is 5.11 Å². The Hall–Kier alpha value is -1.34. The van der Waals surface area contributed by atoms with Crippen LogP contribution in [0.5, 0.6) is 5.75 Å². The second kappa shape index (κ2) is 4.10. The van der Waals surface area contributed by atoms with Crippen molar-refractivity contribution >= 4 is 36.7 Å². The van der Waals surface area contributed by atoms with Gasteiger partial charge >= 0.3 is 0 Å². The number of sulfonamides is 1. The molecule has 0 fully saturated rings. The van der Waals surface area contributed by atoms with Gasteiger partial charge in [0.2, 0.25) is 10.0 Å². The number of fused-ring (bicyclic) bond motifs is 1. The minimum atomic E-state index is -3.34. The van der Waals surface area contributed by atoms with Crippen molar-refractivity contribution in [2.24, 2.45) is 0 Å². The lowest BCUT2D eigenvalue weighted by Crippen LogP contribution is -2.08. The standard InChI is InChI=1S/C11H14N2O3S2/c1-5-6(2)9(14)7(3)10-8(5)12-11(17-10)13-18(4,15)16/h14H,1-4H3,(H,12,13). The molecule has 0 amide bonds. The molecule has 0 saturated heterocycles. The molecular formula is C11H14N2O3S2. The third kappa shape index (κ3) is 2.15. The Kier molecular flexibility index (Phi) is 2.98. The summed E-state index contributed by atoms with van der Waals surface area (Å²) in [5, 5.41) is 10.3. The van der Waals surface area contributed by atoms with Crippen LogP contribution in [0.1, 0.15) is 16.7 Å². The summed E-state index contributed by atoms with van der Waals surface area (Å²) < 4.78 is 25.5. The highest BCUT2D eigenvalue weighted by molar-refractivity contribution is 7.92. The van der Waals surface area contributed by atoms with Crippen molar-refractivity contribution in [1.29, 1.82) is 0 Å². The van der Waals surface area contributed by atoms with Gasteiger partial charge in [-0.25, -0.2) is 13.4 Å². The van der Waals surface area contributed by atoms with Crippen LogP contribution in [0.4, 0.5) is 5.13 Å². The molecule has 0 unspecified atom stereocenters. The number of anilines is 1. The highest BCUT2D eigenvalue weighted by Crippen LogP contribution is 2.38. The van der Waals surface area contributed by atoms with Crippen LogP contribution < -0.4 is 4.72 Å². The van der Waals surface area contributed by atoms with Gasteiger partial charge in [-0.05, 0) is 31.9 Å². The third-order valence-corrected chi connectivity index (χ3v) is 4.65. The van der Waals surface area contributed by atoms with E-state index in [4.69, 9.17) is 0 Å². The number of hydrogen-bond acceptors (Lipinski definition) is 5. The van der Waals surface area contributed by atoms with Crippen molar-refractivity contribution in [1.82, 2.24) is 4.98 Å². The summed E-state index contributed by atoms with van der Waals surface area (Å²) in [5.74, 6) is 0.245. The number of thiazole rings is 1. The van der Waals surface area contributed by atoms with Gasteiger partial charge in [0.1, 0.15) is 5.75 Å². The average Bonchev–Trinajstić information content (AvgIpc) is 2.65. The second-order valence-electron chi connectivity index (χ2n) is 4.29. The Morgan fingerprint density at radius 3 is 2.33 bits per heavy atom. The Bertz CT molecular complexity index is 688. The zero-order valence-corrected chi connectivity index (χ0v) is 12.2. The van der Waals surface area contributed by atoms with Gasteiger partial charge in [0.25, 0.3) is 0 Å². The molecule has 0 aliphatic rings. The van der Waals surface area contributed by atoms with Gasteiger partial charge in [0, 0.05) is 5.56 Å². The molecule has 5 nitrogen and oxygen atoms in total. The van der Waals surface area contributed by atoms with E-state index in [0.29, 0.717) is 5.13 Å². The van der Waals surface area contributed by atoms with E-state index in [1.807, 2.05) is 13.8 Å². The summed E-state index contributed by atoms with van der Waals surface area (Å²) in [7, 11) is -3.34. The first-order chi connectivity index (χ1) is 8.20. The Morgan fingerprint density at radius 1 is 1.17 bits per heavy atom. The van der Waals surface area contributed by atoms with E-state index in [-0.39, 0.29) is 5.75 Å². The average molecular weight is 286 g/mol. The van der Waals surface area contributed by atoms with Crippen molar-refractivity contribution in [3.05, 3.63) is 16.7 Å². The topological polar surface area (TPSA) is 79.3 Å². The zero-order valence-electron chi connectivity index (χ0n) is 10.5. The van der Waals surface area contributed by atoms with Crippen LogP contribution in [-0.2, 0) is 10.0 Å². The minimum absolute atomic E-state index is 0.245. The first-order valence-electron chi connectivity index (χ1n) is 5.27. The van der Waals surface area contributed by atoms with Gasteiger partial charge in [0.15, 0.2) is 5.13 Å². The smallest absolute Gasteiger partial charge is 0.231 e. The van der Waals surface area contributed by atoms with Crippen LogP contribution in [-0.4, -0.2) is 24.8 Å². The Labute approximate surface area is 110 Å². The van der Waals surface area contributed by atoms with Crippen molar-refractivity contribution in [2.75, 3.05) is 11.0 Å². The van der Waals surface area contributed by atoms with E-state index in [9.17, 15) is 13.5 Å². The molecule has 1 heterocycles. The number of phenols is 1. The molecule has 0 saturated carbocycles. The number of hydrogen-bond donors (Lipinski definition) is 2. The molecule has 7 heteroatoms. The number of phenolic OH excluding ortho intramolecular Hbond substituents is 1. The number of aryl methyl sites for hydroxylation is 2. The molecule has 0 aliphatic heterocycles. The minimum Gasteiger partial charge on any atom is -0.507 e. The zero-order chi connectivity index (χ0) is 13.7. The molecule has 18 heavy (non-hydrogen) atoms. The van der Waals surface area contributed by atoms with E-state index in [1.165, 1.54) is 11.3 Å². The first kappa shape index (κ1) is 13.1. The van der Waals surface area contributed by atoms with Crippen molar-refractivity contribution in [3.8, 4) is 5.75 Å². The monoisotopic (exact) mass is 286 g/mol. The summed E-state index contributed by atoms with van der Waals surface area (Å²) in [6.07, 6.45) is 1.08. The SMILES string of the molecule is Cc1c(O)c(C)c2sc(NS(C)(=O)=O)nc2c1C. The van der Waals surface area contributed by atoms with Crippen molar-refractivity contribution < 1.29 is 13.5 Å². The number of aromatic hydroxyl groups is 1.